The van der Waals surface area contributed by atoms with Crippen molar-refractivity contribution < 1.29 is 0 Å². The molecule has 2 rings (SSSR count). The van der Waals surface area contributed by atoms with Crippen molar-refractivity contribution in [2.24, 2.45) is 7.05 Å². The minimum atomic E-state index is 0.583. The predicted octanol–water partition coefficient (Wildman–Crippen LogP) is 0.957. The topological polar surface area (TPSA) is 80.5 Å². The average Bonchev–Trinajstić information content (AvgIpc) is 2.76. The van der Waals surface area contributed by atoms with E-state index >= 15 is 0 Å². The maximum atomic E-state index is 4.40. The normalized spacial score (nSPS) is 10.4. The summed E-state index contributed by atoms with van der Waals surface area (Å²) in [6, 6.07) is 0. The lowest BCUT2D eigenvalue weighted by molar-refractivity contribution is 0.809. The lowest BCUT2D eigenvalue weighted by Crippen LogP contribution is -2.10. The van der Waals surface area contributed by atoms with Gasteiger partial charge in [-0.2, -0.15) is 4.98 Å². The lowest BCUT2D eigenvalue weighted by Gasteiger charge is -2.09. The highest BCUT2D eigenvalue weighted by molar-refractivity contribution is 5.46. The van der Waals surface area contributed by atoms with Crippen LogP contribution >= 0.6 is 0 Å². The van der Waals surface area contributed by atoms with Crippen molar-refractivity contribution in [3.05, 3.63) is 23.9 Å². The quantitative estimate of drug-likeness (QED) is 0.819. The molecule has 18 heavy (non-hydrogen) atoms. The van der Waals surface area contributed by atoms with Crippen LogP contribution in [0, 0.1) is 6.92 Å². The number of aromatic nitrogens is 5. The van der Waals surface area contributed by atoms with Crippen LogP contribution in [-0.4, -0.2) is 31.3 Å². The number of hydrogen-bond donors (Lipinski definition) is 2. The fourth-order valence-corrected chi connectivity index (χ4v) is 1.49. The van der Waals surface area contributed by atoms with Gasteiger partial charge >= 0.3 is 0 Å². The van der Waals surface area contributed by atoms with Crippen LogP contribution in [0.2, 0.25) is 0 Å². The van der Waals surface area contributed by atoms with Gasteiger partial charge in [0.05, 0.1) is 6.54 Å². The molecule has 0 saturated carbocycles. The van der Waals surface area contributed by atoms with E-state index in [1.807, 2.05) is 25.5 Å². The Kier molecular flexibility index (Phi) is 3.71. The van der Waals surface area contributed by atoms with Crippen LogP contribution in [0.4, 0.5) is 11.8 Å². The van der Waals surface area contributed by atoms with E-state index in [9.17, 15) is 0 Å². The first-order valence-corrected chi connectivity index (χ1v) is 5.85. The van der Waals surface area contributed by atoms with Crippen molar-refractivity contribution >= 4 is 11.8 Å². The van der Waals surface area contributed by atoms with E-state index in [-0.39, 0.29) is 0 Å². The van der Waals surface area contributed by atoms with Crippen LogP contribution in [0.1, 0.15) is 18.3 Å². The van der Waals surface area contributed by atoms with Gasteiger partial charge in [-0.05, 0) is 13.8 Å². The molecule has 2 N–H and O–H groups in total. The van der Waals surface area contributed by atoms with Gasteiger partial charge in [-0.15, -0.1) is 10.2 Å². The molecular weight excluding hydrogens is 230 g/mol. The zero-order valence-corrected chi connectivity index (χ0v) is 10.8. The van der Waals surface area contributed by atoms with Crippen LogP contribution in [0.5, 0.6) is 0 Å². The summed E-state index contributed by atoms with van der Waals surface area (Å²) in [7, 11) is 1.91. The average molecular weight is 247 g/mol. The molecule has 7 heteroatoms. The highest BCUT2D eigenvalue weighted by Crippen LogP contribution is 2.13. The van der Waals surface area contributed by atoms with Gasteiger partial charge in [0.15, 0.2) is 5.82 Å². The summed E-state index contributed by atoms with van der Waals surface area (Å²) in [5, 5.41) is 14.2. The highest BCUT2D eigenvalue weighted by Gasteiger charge is 2.05. The van der Waals surface area contributed by atoms with Gasteiger partial charge in [0.1, 0.15) is 12.1 Å². The Balaban J connectivity index is 2.08. The molecule has 0 saturated heterocycles. The number of anilines is 2. The van der Waals surface area contributed by atoms with Gasteiger partial charge in [0.2, 0.25) is 5.95 Å². The van der Waals surface area contributed by atoms with Crippen LogP contribution in [0.25, 0.3) is 0 Å². The monoisotopic (exact) mass is 247 g/mol. The van der Waals surface area contributed by atoms with Crippen molar-refractivity contribution in [1.29, 1.82) is 0 Å². The van der Waals surface area contributed by atoms with E-state index < -0.39 is 0 Å². The van der Waals surface area contributed by atoms with Crippen molar-refractivity contribution in [2.75, 3.05) is 17.2 Å². The SMILES string of the molecule is CCNc1ncc(C)c(NCc2nncn2C)n1. The van der Waals surface area contributed by atoms with E-state index in [1.165, 1.54) is 0 Å². The van der Waals surface area contributed by atoms with Crippen molar-refractivity contribution in [3.8, 4) is 0 Å². The molecule has 2 aromatic heterocycles. The van der Waals surface area contributed by atoms with Crippen molar-refractivity contribution in [1.82, 2.24) is 24.7 Å². The highest BCUT2D eigenvalue weighted by atomic mass is 15.3. The van der Waals surface area contributed by atoms with E-state index in [2.05, 4.69) is 30.8 Å². The van der Waals surface area contributed by atoms with Gasteiger partial charge in [-0.1, -0.05) is 0 Å². The molecule has 0 atom stereocenters. The molecule has 0 fully saturated rings. The zero-order valence-electron chi connectivity index (χ0n) is 10.8. The maximum Gasteiger partial charge on any atom is 0.224 e. The zero-order chi connectivity index (χ0) is 13.0. The Labute approximate surface area is 106 Å². The largest absolute Gasteiger partial charge is 0.362 e. The smallest absolute Gasteiger partial charge is 0.224 e. The summed E-state index contributed by atoms with van der Waals surface area (Å²) >= 11 is 0. The predicted molar refractivity (Wildman–Crippen MR) is 69.3 cm³/mol. The standard InChI is InChI=1S/C11H17N7/c1-4-12-11-14-5-8(2)10(16-11)13-6-9-17-15-7-18(9)3/h5,7H,4,6H2,1-3H3,(H2,12,13,14,16). The molecule has 2 aromatic rings. The van der Waals surface area contributed by atoms with Crippen LogP contribution in [0.15, 0.2) is 12.5 Å². The van der Waals surface area contributed by atoms with Gasteiger partial charge in [-0.25, -0.2) is 4.98 Å². The maximum absolute atomic E-state index is 4.40. The van der Waals surface area contributed by atoms with Crippen LogP contribution in [-0.2, 0) is 13.6 Å². The first-order chi connectivity index (χ1) is 8.70. The number of nitrogens with zero attached hydrogens (tertiary/aromatic N) is 5. The molecular formula is C11H17N7. The summed E-state index contributed by atoms with van der Waals surface area (Å²) < 4.78 is 1.87. The molecule has 0 aliphatic heterocycles. The molecule has 0 aromatic carbocycles. The van der Waals surface area contributed by atoms with E-state index in [1.54, 1.807) is 12.5 Å². The molecule has 0 spiro atoms. The molecule has 7 nitrogen and oxygen atoms in total. The van der Waals surface area contributed by atoms with Gasteiger partial charge < -0.3 is 15.2 Å². The van der Waals surface area contributed by atoms with Crippen LogP contribution in [0.3, 0.4) is 0 Å². The number of nitrogens with one attached hydrogen (secondary N) is 2. The second-order valence-electron chi connectivity index (χ2n) is 3.97. The van der Waals surface area contributed by atoms with Crippen LogP contribution < -0.4 is 10.6 Å². The third-order valence-corrected chi connectivity index (χ3v) is 2.53. The Hall–Kier alpha value is -2.18. The first kappa shape index (κ1) is 12.3. The summed E-state index contributed by atoms with van der Waals surface area (Å²) in [6.45, 7) is 5.36. The minimum absolute atomic E-state index is 0.583. The molecule has 96 valence electrons. The third kappa shape index (κ3) is 2.73. The van der Waals surface area contributed by atoms with Gasteiger partial charge in [-0.3, -0.25) is 0 Å². The van der Waals surface area contributed by atoms with Crippen molar-refractivity contribution in [3.63, 3.8) is 0 Å². The molecule has 0 bridgehead atoms. The molecule has 0 amide bonds. The number of hydrogen-bond acceptors (Lipinski definition) is 6. The summed E-state index contributed by atoms with van der Waals surface area (Å²) in [6.07, 6.45) is 3.47. The van der Waals surface area contributed by atoms with Gasteiger partial charge in [0, 0.05) is 25.4 Å². The number of aryl methyl sites for hydroxylation is 2. The Bertz CT molecular complexity index is 520. The fraction of sp³-hybridized carbons (Fsp3) is 0.455. The third-order valence-electron chi connectivity index (χ3n) is 2.53. The van der Waals surface area contributed by atoms with E-state index in [0.717, 1.165) is 23.8 Å². The van der Waals surface area contributed by atoms with E-state index in [0.29, 0.717) is 12.5 Å². The summed E-state index contributed by atoms with van der Waals surface area (Å²) in [4.78, 5) is 8.60. The molecule has 0 unspecified atom stereocenters. The minimum Gasteiger partial charge on any atom is -0.362 e. The number of rotatable bonds is 5. The summed E-state index contributed by atoms with van der Waals surface area (Å²) in [5.74, 6) is 2.30. The van der Waals surface area contributed by atoms with Gasteiger partial charge in [0.25, 0.3) is 0 Å². The summed E-state index contributed by atoms with van der Waals surface area (Å²) in [5.41, 5.74) is 0.999. The second-order valence-corrected chi connectivity index (χ2v) is 3.97. The Morgan fingerprint density at radius 2 is 2.17 bits per heavy atom. The fourth-order valence-electron chi connectivity index (χ4n) is 1.49. The van der Waals surface area contributed by atoms with E-state index in [4.69, 9.17) is 0 Å². The molecule has 2 heterocycles. The molecule has 0 aliphatic rings. The first-order valence-electron chi connectivity index (χ1n) is 5.85. The second kappa shape index (κ2) is 5.44. The van der Waals surface area contributed by atoms with Crippen molar-refractivity contribution in [2.45, 2.75) is 20.4 Å². The lowest BCUT2D eigenvalue weighted by atomic mass is 10.3. The Morgan fingerprint density at radius 1 is 1.33 bits per heavy atom. The molecule has 0 radical (unpaired) electrons. The Morgan fingerprint density at radius 3 is 2.83 bits per heavy atom. The molecule has 0 aliphatic carbocycles.